The van der Waals surface area contributed by atoms with Crippen molar-refractivity contribution in [1.82, 2.24) is 19.2 Å². The molecule has 0 amide bonds. The number of anilines is 1. The van der Waals surface area contributed by atoms with Crippen LogP contribution in [0.1, 0.15) is 43.4 Å². The fraction of sp³-hybridized carbons (Fsp3) is 0.292. The van der Waals surface area contributed by atoms with E-state index in [1.54, 1.807) is 6.92 Å². The van der Waals surface area contributed by atoms with Gasteiger partial charge in [0.25, 0.3) is 10.0 Å². The lowest BCUT2D eigenvalue weighted by atomic mass is 10.0. The van der Waals surface area contributed by atoms with Crippen molar-refractivity contribution in [2.45, 2.75) is 43.2 Å². The maximum atomic E-state index is 15.1. The van der Waals surface area contributed by atoms with E-state index in [0.717, 1.165) is 60.6 Å². The van der Waals surface area contributed by atoms with Crippen LogP contribution in [0, 0.1) is 17.7 Å². The average molecular weight is 528 g/mol. The van der Waals surface area contributed by atoms with Crippen molar-refractivity contribution < 1.29 is 17.2 Å². The minimum Gasteiger partial charge on any atom is -0.408 e. The Morgan fingerprint density at radius 1 is 1.36 bits per heavy atom. The molecule has 36 heavy (non-hydrogen) atoms. The summed E-state index contributed by atoms with van der Waals surface area (Å²) >= 11 is 0.810. The van der Waals surface area contributed by atoms with Crippen molar-refractivity contribution in [1.29, 1.82) is 0 Å². The number of sulfonamides is 1. The Kier molecular flexibility index (Phi) is 6.61. The van der Waals surface area contributed by atoms with Gasteiger partial charge in [-0.15, -0.1) is 0 Å². The van der Waals surface area contributed by atoms with Crippen molar-refractivity contribution in [2.24, 2.45) is 0 Å². The Balaban J connectivity index is 1.50. The maximum absolute atomic E-state index is 15.1. The van der Waals surface area contributed by atoms with Crippen LogP contribution >= 0.6 is 11.5 Å². The van der Waals surface area contributed by atoms with Crippen LogP contribution in [0.15, 0.2) is 56.8 Å². The summed E-state index contributed by atoms with van der Waals surface area (Å²) < 4.78 is 53.0. The van der Waals surface area contributed by atoms with Gasteiger partial charge >= 0.3 is 5.76 Å². The van der Waals surface area contributed by atoms with Gasteiger partial charge in [0.05, 0.1) is 11.6 Å². The Labute approximate surface area is 210 Å². The van der Waals surface area contributed by atoms with Gasteiger partial charge in [0.1, 0.15) is 17.0 Å². The third-order valence-electron chi connectivity index (χ3n) is 6.07. The predicted octanol–water partition coefficient (Wildman–Crippen LogP) is 3.49. The summed E-state index contributed by atoms with van der Waals surface area (Å²) in [6.07, 6.45) is 4.15. The number of hydrogen-bond acceptors (Lipinski definition) is 8. The minimum absolute atomic E-state index is 0.0106. The zero-order valence-corrected chi connectivity index (χ0v) is 20.8. The van der Waals surface area contributed by atoms with Gasteiger partial charge in [-0.05, 0) is 37.9 Å². The Hall–Kier alpha value is -3.53. The Morgan fingerprint density at radius 3 is 2.94 bits per heavy atom. The quantitative estimate of drug-likeness (QED) is 0.369. The highest BCUT2D eigenvalue weighted by atomic mass is 32.2. The van der Waals surface area contributed by atoms with Crippen LogP contribution < -0.4 is 15.8 Å². The number of benzene rings is 2. The number of hydrogen-bond donors (Lipinski definition) is 2. The van der Waals surface area contributed by atoms with E-state index in [1.807, 2.05) is 24.3 Å². The lowest BCUT2D eigenvalue weighted by Gasteiger charge is -2.15. The molecule has 9 nitrogen and oxygen atoms in total. The lowest BCUT2D eigenvalue weighted by Crippen LogP contribution is -2.20. The fourth-order valence-electron chi connectivity index (χ4n) is 4.31. The first kappa shape index (κ1) is 24.2. The number of aromatic nitrogens is 3. The average Bonchev–Trinajstić information content (AvgIpc) is 3.60. The second-order valence-corrected chi connectivity index (χ2v) is 10.8. The monoisotopic (exact) mass is 527 g/mol. The molecule has 12 heteroatoms. The second-order valence-electron chi connectivity index (χ2n) is 8.40. The molecule has 2 aromatic heterocycles. The molecule has 3 heterocycles. The number of oxazole rings is 1. The van der Waals surface area contributed by atoms with Gasteiger partial charge in [0, 0.05) is 41.7 Å². The van der Waals surface area contributed by atoms with Gasteiger partial charge in [-0.25, -0.2) is 22.6 Å². The standard InChI is InChI=1S/C24H22FN5O4S2/c1-15(18-10-3-2-6-16(18)7-4-8-17-9-5-11-26-17)30-20-12-19(25)22(13-21(20)34-24(30)31)36(32,33)29-23-27-14-28-35-23/h2-3,6,10,12-15,17,26H,5,8-9,11H2,1H3,(H,27,28,29)/t15-,17?/m1/s1. The maximum Gasteiger partial charge on any atom is 0.420 e. The largest absolute Gasteiger partial charge is 0.420 e. The number of nitrogens with zero attached hydrogens (tertiary/aromatic N) is 3. The van der Waals surface area contributed by atoms with Crippen LogP contribution in [0.5, 0.6) is 0 Å². The van der Waals surface area contributed by atoms with Crippen LogP contribution in [0.3, 0.4) is 0 Å². The molecule has 1 unspecified atom stereocenters. The van der Waals surface area contributed by atoms with Gasteiger partial charge in [-0.3, -0.25) is 9.29 Å². The lowest BCUT2D eigenvalue weighted by molar-refractivity contribution is 0.489. The summed E-state index contributed by atoms with van der Waals surface area (Å²) in [5.41, 5.74) is 1.61. The van der Waals surface area contributed by atoms with Crippen LogP contribution in [0.25, 0.3) is 11.1 Å². The smallest absolute Gasteiger partial charge is 0.408 e. The molecule has 1 aliphatic rings. The van der Waals surface area contributed by atoms with Crippen molar-refractivity contribution >= 4 is 37.8 Å². The molecule has 0 aliphatic carbocycles. The topological polar surface area (TPSA) is 119 Å². The third kappa shape index (κ3) is 4.77. The second kappa shape index (κ2) is 9.85. The molecule has 1 fully saturated rings. The van der Waals surface area contributed by atoms with Crippen molar-refractivity contribution in [2.75, 3.05) is 11.3 Å². The molecule has 1 aliphatic heterocycles. The number of nitrogens with one attached hydrogen (secondary N) is 2. The predicted molar refractivity (Wildman–Crippen MR) is 134 cm³/mol. The summed E-state index contributed by atoms with van der Waals surface area (Å²) in [6, 6.07) is 9.27. The van der Waals surface area contributed by atoms with Gasteiger partial charge in [0.2, 0.25) is 5.13 Å². The zero-order chi connectivity index (χ0) is 25.3. The first-order chi connectivity index (χ1) is 17.3. The number of rotatable bonds is 6. The number of fused-ring (bicyclic) bond motifs is 1. The van der Waals surface area contributed by atoms with E-state index in [-0.39, 0.29) is 16.2 Å². The van der Waals surface area contributed by atoms with Gasteiger partial charge in [-0.1, -0.05) is 30.0 Å². The highest BCUT2D eigenvalue weighted by Gasteiger charge is 2.26. The molecule has 2 N–H and O–H groups in total. The molecule has 2 aromatic carbocycles. The van der Waals surface area contributed by atoms with Gasteiger partial charge in [0.15, 0.2) is 5.58 Å². The van der Waals surface area contributed by atoms with Crippen LogP contribution in [0.4, 0.5) is 9.52 Å². The van der Waals surface area contributed by atoms with Crippen LogP contribution in [-0.2, 0) is 10.0 Å². The van der Waals surface area contributed by atoms with Crippen molar-refractivity contribution in [3.63, 3.8) is 0 Å². The van der Waals surface area contributed by atoms with E-state index >= 15 is 4.39 Å². The van der Waals surface area contributed by atoms with E-state index in [9.17, 15) is 13.2 Å². The summed E-state index contributed by atoms with van der Waals surface area (Å²) in [6.45, 7) is 2.79. The molecule has 186 valence electrons. The molecular formula is C24H22FN5O4S2. The van der Waals surface area contributed by atoms with E-state index in [1.165, 1.54) is 10.9 Å². The van der Waals surface area contributed by atoms with E-state index in [2.05, 4.69) is 31.2 Å². The minimum atomic E-state index is -4.32. The molecule has 0 radical (unpaired) electrons. The zero-order valence-electron chi connectivity index (χ0n) is 19.2. The first-order valence-electron chi connectivity index (χ1n) is 11.3. The first-order valence-corrected chi connectivity index (χ1v) is 13.5. The highest BCUT2D eigenvalue weighted by Crippen LogP contribution is 2.29. The Bertz CT molecular complexity index is 1630. The summed E-state index contributed by atoms with van der Waals surface area (Å²) in [4.78, 5) is 15.9. The van der Waals surface area contributed by atoms with E-state index < -0.39 is 32.5 Å². The van der Waals surface area contributed by atoms with E-state index in [0.29, 0.717) is 6.04 Å². The van der Waals surface area contributed by atoms with Crippen LogP contribution in [0.2, 0.25) is 0 Å². The summed E-state index contributed by atoms with van der Waals surface area (Å²) in [7, 11) is -4.32. The number of halogens is 1. The van der Waals surface area contributed by atoms with Gasteiger partial charge in [-0.2, -0.15) is 4.37 Å². The van der Waals surface area contributed by atoms with E-state index in [4.69, 9.17) is 4.42 Å². The molecule has 0 bridgehead atoms. The van der Waals surface area contributed by atoms with Crippen LogP contribution in [-0.4, -0.2) is 34.9 Å². The normalized spacial score (nSPS) is 16.6. The Morgan fingerprint density at radius 2 is 2.19 bits per heavy atom. The molecule has 2 atom stereocenters. The molecule has 5 rings (SSSR count). The van der Waals surface area contributed by atoms with Crippen molar-refractivity contribution in [3.05, 3.63) is 70.2 Å². The van der Waals surface area contributed by atoms with Crippen molar-refractivity contribution in [3.8, 4) is 11.8 Å². The molecule has 0 saturated carbocycles. The molecule has 0 spiro atoms. The van der Waals surface area contributed by atoms with Gasteiger partial charge < -0.3 is 9.73 Å². The summed E-state index contributed by atoms with van der Waals surface area (Å²) in [5, 5.41) is 3.40. The fourth-order valence-corrected chi connectivity index (χ4v) is 6.05. The summed E-state index contributed by atoms with van der Waals surface area (Å²) in [5.74, 6) is 4.66. The molecule has 4 aromatic rings. The third-order valence-corrected chi connectivity index (χ3v) is 8.13. The highest BCUT2D eigenvalue weighted by molar-refractivity contribution is 7.93. The molecule has 1 saturated heterocycles. The molecular weight excluding hydrogens is 505 g/mol. The SMILES string of the molecule is C[C@H](c1ccccc1C#CCC1CCCN1)n1c(=O)oc2cc(S(=O)(=O)Nc3ncns3)c(F)cc21.